The SMILES string of the molecule is NCc1c(C(F)(F)F)ccc(C2CCC(N)CC2)c1C1=NN=NC1.NCc1c(C(F)(F)F)ccc(C2CCC(N)CC2)c1C1=NN=NC1. The van der Waals surface area contributed by atoms with E-state index in [1.807, 2.05) is 0 Å². The van der Waals surface area contributed by atoms with Gasteiger partial charge in [-0.3, -0.25) is 0 Å². The Bertz CT molecular complexity index is 1460. The Morgan fingerprint density at radius 2 is 0.917 bits per heavy atom. The Morgan fingerprint density at radius 3 is 1.19 bits per heavy atom. The second-order valence-corrected chi connectivity index (χ2v) is 12.6. The minimum atomic E-state index is -4.45. The second kappa shape index (κ2) is 14.9. The molecule has 2 aliphatic carbocycles. The third kappa shape index (κ3) is 7.82. The number of alkyl halides is 6. The average molecular weight is 679 g/mol. The molecular formula is C32H40F6N10. The highest BCUT2D eigenvalue weighted by atomic mass is 19.4. The van der Waals surface area contributed by atoms with Crippen LogP contribution in [0.25, 0.3) is 0 Å². The molecule has 2 heterocycles. The quantitative estimate of drug-likeness (QED) is 0.251. The molecule has 260 valence electrons. The van der Waals surface area contributed by atoms with Gasteiger partial charge in [0.2, 0.25) is 0 Å². The van der Waals surface area contributed by atoms with Crippen LogP contribution in [-0.2, 0) is 25.4 Å². The first-order valence-electron chi connectivity index (χ1n) is 16.1. The van der Waals surface area contributed by atoms with E-state index < -0.39 is 23.5 Å². The molecule has 0 atom stereocenters. The molecule has 4 aliphatic rings. The summed E-state index contributed by atoms with van der Waals surface area (Å²) in [5, 5.41) is 22.6. The van der Waals surface area contributed by atoms with Gasteiger partial charge < -0.3 is 22.9 Å². The standard InChI is InChI=1S/2C16H20F3N5/c2*17-16(18,19)13-6-5-11(9-1-3-10(21)4-2-9)15(12(13)7-20)14-8-22-24-23-14/h2*5-6,9-10H,1-4,7-8,20-21H2. The van der Waals surface area contributed by atoms with Gasteiger partial charge in [-0.25, -0.2) is 0 Å². The fourth-order valence-electron chi connectivity index (χ4n) is 7.20. The van der Waals surface area contributed by atoms with Gasteiger partial charge in [-0.2, -0.15) is 36.6 Å². The van der Waals surface area contributed by atoms with Gasteiger partial charge in [-0.1, -0.05) is 12.1 Å². The highest BCUT2D eigenvalue weighted by molar-refractivity contribution is 6.06. The van der Waals surface area contributed by atoms with Crippen molar-refractivity contribution in [3.63, 3.8) is 0 Å². The van der Waals surface area contributed by atoms with Crippen LogP contribution in [0, 0.1) is 0 Å². The van der Waals surface area contributed by atoms with Crippen molar-refractivity contribution in [3.8, 4) is 0 Å². The van der Waals surface area contributed by atoms with E-state index in [-0.39, 0.29) is 61.2 Å². The average Bonchev–Trinajstić information content (AvgIpc) is 3.79. The lowest BCUT2D eigenvalue weighted by atomic mass is 9.77. The van der Waals surface area contributed by atoms with Crippen molar-refractivity contribution >= 4 is 11.4 Å². The van der Waals surface area contributed by atoms with E-state index in [1.165, 1.54) is 0 Å². The van der Waals surface area contributed by atoms with Gasteiger partial charge in [0.25, 0.3) is 0 Å². The molecule has 10 nitrogen and oxygen atoms in total. The molecular weight excluding hydrogens is 638 g/mol. The lowest BCUT2D eigenvalue weighted by Gasteiger charge is -2.29. The summed E-state index contributed by atoms with van der Waals surface area (Å²) < 4.78 is 80.2. The lowest BCUT2D eigenvalue weighted by molar-refractivity contribution is -0.139. The number of hydrogen-bond donors (Lipinski definition) is 4. The smallest absolute Gasteiger partial charge is 0.328 e. The third-order valence-electron chi connectivity index (χ3n) is 9.61. The maximum Gasteiger partial charge on any atom is 0.416 e. The topological polar surface area (TPSA) is 178 Å². The number of nitrogens with zero attached hydrogens (tertiary/aromatic N) is 6. The first-order chi connectivity index (χ1) is 22.8. The number of hydrogen-bond acceptors (Lipinski definition) is 10. The third-order valence-corrected chi connectivity index (χ3v) is 9.61. The second-order valence-electron chi connectivity index (χ2n) is 12.6. The summed E-state index contributed by atoms with van der Waals surface area (Å²) >= 11 is 0. The van der Waals surface area contributed by atoms with Gasteiger partial charge in [0.05, 0.1) is 22.6 Å². The molecule has 0 unspecified atom stereocenters. The maximum atomic E-state index is 13.4. The molecule has 0 amide bonds. The zero-order valence-corrected chi connectivity index (χ0v) is 26.4. The van der Waals surface area contributed by atoms with E-state index >= 15 is 0 Å². The Balaban J connectivity index is 0.000000188. The Hall–Kier alpha value is -3.60. The van der Waals surface area contributed by atoms with Crippen LogP contribution in [0.4, 0.5) is 26.3 Å². The molecule has 0 saturated heterocycles. The zero-order valence-electron chi connectivity index (χ0n) is 26.4. The molecule has 8 N–H and O–H groups in total. The maximum absolute atomic E-state index is 13.4. The summed E-state index contributed by atoms with van der Waals surface area (Å²) in [6.45, 7) is -0.0341. The van der Waals surface area contributed by atoms with E-state index in [4.69, 9.17) is 22.9 Å². The first kappa shape index (κ1) is 35.7. The van der Waals surface area contributed by atoms with Gasteiger partial charge >= 0.3 is 12.4 Å². The van der Waals surface area contributed by atoms with E-state index in [9.17, 15) is 26.3 Å². The molecule has 2 aliphatic heterocycles. The van der Waals surface area contributed by atoms with Crippen molar-refractivity contribution in [1.82, 2.24) is 0 Å². The molecule has 2 aromatic rings. The number of benzene rings is 2. The monoisotopic (exact) mass is 678 g/mol. The summed E-state index contributed by atoms with van der Waals surface area (Å²) in [4.78, 5) is 0. The van der Waals surface area contributed by atoms with Crippen molar-refractivity contribution in [1.29, 1.82) is 0 Å². The Morgan fingerprint density at radius 1 is 0.562 bits per heavy atom. The fraction of sp³-hybridized carbons (Fsp3) is 0.562. The Labute approximate surface area is 274 Å². The molecule has 0 spiro atoms. The first-order valence-corrected chi connectivity index (χ1v) is 16.1. The number of rotatable bonds is 6. The fourth-order valence-corrected chi connectivity index (χ4v) is 7.20. The van der Waals surface area contributed by atoms with Gasteiger partial charge in [-0.05, 0) is 108 Å². The van der Waals surface area contributed by atoms with E-state index in [0.717, 1.165) is 74.6 Å². The van der Waals surface area contributed by atoms with Gasteiger partial charge in [0.15, 0.2) is 0 Å². The zero-order chi connectivity index (χ0) is 34.6. The molecule has 0 bridgehead atoms. The Kier molecular flexibility index (Phi) is 11.1. The van der Waals surface area contributed by atoms with E-state index in [1.54, 1.807) is 12.1 Å². The predicted octanol–water partition coefficient (Wildman–Crippen LogP) is 6.64. The van der Waals surface area contributed by atoms with Crippen molar-refractivity contribution in [2.45, 2.75) is 101 Å². The summed E-state index contributed by atoms with van der Waals surface area (Å²) in [6, 6.07) is 5.75. The van der Waals surface area contributed by atoms with Crippen LogP contribution in [0.3, 0.4) is 0 Å². The van der Waals surface area contributed by atoms with Crippen LogP contribution in [0.15, 0.2) is 55.1 Å². The largest absolute Gasteiger partial charge is 0.416 e. The minimum Gasteiger partial charge on any atom is -0.328 e. The van der Waals surface area contributed by atoms with Crippen molar-refractivity contribution in [3.05, 3.63) is 68.8 Å². The summed E-state index contributed by atoms with van der Waals surface area (Å²) in [5.74, 6) is 0.325. The van der Waals surface area contributed by atoms with Gasteiger partial charge in [0, 0.05) is 36.3 Å². The van der Waals surface area contributed by atoms with Crippen LogP contribution in [0.5, 0.6) is 0 Å². The molecule has 2 fully saturated rings. The minimum absolute atomic E-state index is 0.0842. The number of nitrogens with two attached hydrogens (primary N) is 4. The van der Waals surface area contributed by atoms with Crippen molar-refractivity contribution in [2.75, 3.05) is 13.1 Å². The van der Waals surface area contributed by atoms with Crippen LogP contribution in [0.1, 0.15) is 108 Å². The van der Waals surface area contributed by atoms with E-state index in [2.05, 4.69) is 30.9 Å². The van der Waals surface area contributed by atoms with Crippen LogP contribution < -0.4 is 22.9 Å². The molecule has 0 aromatic heterocycles. The molecule has 0 radical (unpaired) electrons. The lowest BCUT2D eigenvalue weighted by Crippen LogP contribution is -2.27. The van der Waals surface area contributed by atoms with Gasteiger partial charge in [0.1, 0.15) is 13.1 Å². The highest BCUT2D eigenvalue weighted by Crippen LogP contribution is 2.42. The predicted molar refractivity (Wildman–Crippen MR) is 170 cm³/mol. The highest BCUT2D eigenvalue weighted by Gasteiger charge is 2.38. The molecule has 6 rings (SSSR count). The van der Waals surface area contributed by atoms with Crippen LogP contribution in [0.2, 0.25) is 0 Å². The van der Waals surface area contributed by atoms with Gasteiger partial charge in [-0.15, -0.1) is 10.2 Å². The number of halogens is 6. The molecule has 2 saturated carbocycles. The molecule has 48 heavy (non-hydrogen) atoms. The van der Waals surface area contributed by atoms with Crippen LogP contribution in [-0.4, -0.2) is 36.6 Å². The normalized spacial score (nSPS) is 24.3. The summed E-state index contributed by atoms with van der Waals surface area (Å²) in [6.07, 6.45) is -2.04. The van der Waals surface area contributed by atoms with Crippen molar-refractivity contribution < 1.29 is 26.3 Å². The summed E-state index contributed by atoms with van der Waals surface area (Å²) in [7, 11) is 0. The van der Waals surface area contributed by atoms with Crippen LogP contribution >= 0.6 is 0 Å². The van der Waals surface area contributed by atoms with Crippen molar-refractivity contribution in [2.24, 2.45) is 53.8 Å². The molecule has 16 heteroatoms. The molecule has 2 aromatic carbocycles. The van der Waals surface area contributed by atoms with E-state index in [0.29, 0.717) is 22.6 Å². The summed E-state index contributed by atoms with van der Waals surface area (Å²) in [5.41, 5.74) is 25.7.